The fraction of sp³-hybridized carbons (Fsp3) is 0.273. The van der Waals surface area contributed by atoms with Crippen LogP contribution >= 0.6 is 0 Å². The van der Waals surface area contributed by atoms with Crippen LogP contribution in [0, 0.1) is 0 Å². The Morgan fingerprint density at radius 2 is 2.14 bits per heavy atom. The Morgan fingerprint density at radius 3 is 2.93 bits per heavy atom. The standard InChI is InChI=1S/C11H14N2O/c12-10(5-6-14)9-7-13-11-4-2-1-3-8(9)11/h1-4,7,10,13-14H,5-6,12H2/t10-/m0/s1. The number of para-hydroxylation sites is 1. The molecule has 3 nitrogen and oxygen atoms in total. The van der Waals surface area contributed by atoms with Crippen LogP contribution in [0.25, 0.3) is 10.9 Å². The zero-order valence-corrected chi connectivity index (χ0v) is 7.90. The minimum Gasteiger partial charge on any atom is -0.396 e. The highest BCUT2D eigenvalue weighted by atomic mass is 16.3. The Balaban J connectivity index is 2.42. The summed E-state index contributed by atoms with van der Waals surface area (Å²) in [7, 11) is 0. The quantitative estimate of drug-likeness (QED) is 0.687. The van der Waals surface area contributed by atoms with Gasteiger partial charge in [0.15, 0.2) is 0 Å². The number of benzene rings is 1. The van der Waals surface area contributed by atoms with Crippen molar-refractivity contribution >= 4 is 10.9 Å². The van der Waals surface area contributed by atoms with E-state index in [0.717, 1.165) is 16.5 Å². The molecule has 14 heavy (non-hydrogen) atoms. The summed E-state index contributed by atoms with van der Waals surface area (Å²) in [4.78, 5) is 3.17. The lowest BCUT2D eigenvalue weighted by atomic mass is 10.0. The first kappa shape index (κ1) is 9.24. The smallest absolute Gasteiger partial charge is 0.0457 e. The summed E-state index contributed by atoms with van der Waals surface area (Å²) in [6.07, 6.45) is 2.52. The molecular formula is C11H14N2O. The van der Waals surface area contributed by atoms with E-state index in [2.05, 4.69) is 4.98 Å². The van der Waals surface area contributed by atoms with Crippen molar-refractivity contribution in [3.63, 3.8) is 0 Å². The molecule has 0 radical (unpaired) electrons. The van der Waals surface area contributed by atoms with E-state index < -0.39 is 0 Å². The van der Waals surface area contributed by atoms with Crippen LogP contribution in [0.3, 0.4) is 0 Å². The second kappa shape index (κ2) is 3.82. The van der Waals surface area contributed by atoms with Gasteiger partial charge in [0.2, 0.25) is 0 Å². The van der Waals surface area contributed by atoms with Gasteiger partial charge >= 0.3 is 0 Å². The van der Waals surface area contributed by atoms with Gasteiger partial charge in [-0.3, -0.25) is 0 Å². The van der Waals surface area contributed by atoms with E-state index in [9.17, 15) is 0 Å². The molecular weight excluding hydrogens is 176 g/mol. The zero-order chi connectivity index (χ0) is 9.97. The third-order valence-corrected chi connectivity index (χ3v) is 2.46. The fourth-order valence-corrected chi connectivity index (χ4v) is 1.70. The molecule has 3 heteroatoms. The van der Waals surface area contributed by atoms with Gasteiger partial charge in [0, 0.05) is 29.7 Å². The number of aliphatic hydroxyl groups is 1. The van der Waals surface area contributed by atoms with Gasteiger partial charge in [-0.1, -0.05) is 18.2 Å². The predicted octanol–water partition coefficient (Wildman–Crippen LogP) is 1.55. The Morgan fingerprint density at radius 1 is 1.36 bits per heavy atom. The van der Waals surface area contributed by atoms with Gasteiger partial charge < -0.3 is 15.8 Å². The number of aromatic nitrogens is 1. The first-order valence-corrected chi connectivity index (χ1v) is 4.75. The maximum atomic E-state index is 8.82. The molecule has 0 saturated heterocycles. The molecule has 0 bridgehead atoms. The van der Waals surface area contributed by atoms with Crippen LogP contribution in [0.2, 0.25) is 0 Å². The Kier molecular flexibility index (Phi) is 2.52. The lowest BCUT2D eigenvalue weighted by Crippen LogP contribution is -2.11. The summed E-state index contributed by atoms with van der Waals surface area (Å²) in [5, 5.41) is 9.96. The molecule has 0 amide bonds. The number of fused-ring (bicyclic) bond motifs is 1. The first-order chi connectivity index (χ1) is 6.83. The predicted molar refractivity (Wildman–Crippen MR) is 56.9 cm³/mol. The van der Waals surface area contributed by atoms with Gasteiger partial charge in [0.05, 0.1) is 0 Å². The molecule has 0 spiro atoms. The van der Waals surface area contributed by atoms with Crippen molar-refractivity contribution in [3.05, 3.63) is 36.0 Å². The third-order valence-electron chi connectivity index (χ3n) is 2.46. The summed E-state index contributed by atoms with van der Waals surface area (Å²) < 4.78 is 0. The normalized spacial score (nSPS) is 13.3. The van der Waals surface area contributed by atoms with Crippen molar-refractivity contribution in [2.45, 2.75) is 12.5 Å². The van der Waals surface area contributed by atoms with E-state index in [4.69, 9.17) is 10.8 Å². The van der Waals surface area contributed by atoms with E-state index in [1.54, 1.807) is 0 Å². The molecule has 2 aromatic rings. The highest BCUT2D eigenvalue weighted by Gasteiger charge is 2.10. The topological polar surface area (TPSA) is 62.0 Å². The van der Waals surface area contributed by atoms with Crippen molar-refractivity contribution < 1.29 is 5.11 Å². The molecule has 1 aromatic carbocycles. The number of nitrogens with one attached hydrogen (secondary N) is 1. The molecule has 1 aromatic heterocycles. The van der Waals surface area contributed by atoms with Gasteiger partial charge in [-0.25, -0.2) is 0 Å². The number of H-pyrrole nitrogens is 1. The van der Waals surface area contributed by atoms with Crippen molar-refractivity contribution in [1.29, 1.82) is 0 Å². The number of aromatic amines is 1. The third kappa shape index (κ3) is 1.52. The van der Waals surface area contributed by atoms with E-state index >= 15 is 0 Å². The van der Waals surface area contributed by atoms with Crippen molar-refractivity contribution in [2.24, 2.45) is 5.73 Å². The van der Waals surface area contributed by atoms with Crippen LogP contribution in [-0.4, -0.2) is 16.7 Å². The molecule has 0 aliphatic rings. The summed E-state index contributed by atoms with van der Waals surface area (Å²) in [5.41, 5.74) is 8.11. The van der Waals surface area contributed by atoms with Crippen LogP contribution in [0.4, 0.5) is 0 Å². The Bertz CT molecular complexity index is 422. The van der Waals surface area contributed by atoms with Crippen LogP contribution < -0.4 is 5.73 Å². The van der Waals surface area contributed by atoms with Crippen LogP contribution in [0.1, 0.15) is 18.0 Å². The van der Waals surface area contributed by atoms with E-state index in [1.165, 1.54) is 0 Å². The molecule has 0 fully saturated rings. The number of nitrogens with two attached hydrogens (primary N) is 1. The lowest BCUT2D eigenvalue weighted by Gasteiger charge is -2.07. The summed E-state index contributed by atoms with van der Waals surface area (Å²) >= 11 is 0. The molecule has 2 rings (SSSR count). The molecule has 0 saturated carbocycles. The molecule has 0 unspecified atom stereocenters. The lowest BCUT2D eigenvalue weighted by molar-refractivity contribution is 0.277. The maximum Gasteiger partial charge on any atom is 0.0457 e. The number of aliphatic hydroxyl groups excluding tert-OH is 1. The average molecular weight is 190 g/mol. The highest BCUT2D eigenvalue weighted by Crippen LogP contribution is 2.23. The summed E-state index contributed by atoms with van der Waals surface area (Å²) in [5.74, 6) is 0. The largest absolute Gasteiger partial charge is 0.396 e. The Labute approximate surface area is 82.6 Å². The van der Waals surface area contributed by atoms with Crippen molar-refractivity contribution in [2.75, 3.05) is 6.61 Å². The van der Waals surface area contributed by atoms with Crippen molar-refractivity contribution in [1.82, 2.24) is 4.98 Å². The monoisotopic (exact) mass is 190 g/mol. The van der Waals surface area contributed by atoms with Gasteiger partial charge in [-0.15, -0.1) is 0 Å². The zero-order valence-electron chi connectivity index (χ0n) is 7.90. The molecule has 1 atom stereocenters. The SMILES string of the molecule is N[C@@H](CCO)c1c[nH]c2ccccc12. The van der Waals surface area contributed by atoms with Gasteiger partial charge in [0.25, 0.3) is 0 Å². The number of hydrogen-bond donors (Lipinski definition) is 3. The fourth-order valence-electron chi connectivity index (χ4n) is 1.70. The molecule has 4 N–H and O–H groups in total. The maximum absolute atomic E-state index is 8.82. The Hall–Kier alpha value is -1.32. The first-order valence-electron chi connectivity index (χ1n) is 4.75. The highest BCUT2D eigenvalue weighted by molar-refractivity contribution is 5.83. The second-order valence-electron chi connectivity index (χ2n) is 3.41. The van der Waals surface area contributed by atoms with Crippen LogP contribution in [0.15, 0.2) is 30.5 Å². The van der Waals surface area contributed by atoms with E-state index in [-0.39, 0.29) is 12.6 Å². The minimum absolute atomic E-state index is 0.0869. The van der Waals surface area contributed by atoms with Crippen molar-refractivity contribution in [3.8, 4) is 0 Å². The summed E-state index contributed by atoms with van der Waals surface area (Å²) in [6.45, 7) is 0.126. The second-order valence-corrected chi connectivity index (χ2v) is 3.41. The molecule has 0 aliphatic carbocycles. The number of rotatable bonds is 3. The van der Waals surface area contributed by atoms with E-state index in [1.807, 2.05) is 30.5 Å². The number of hydrogen-bond acceptors (Lipinski definition) is 2. The average Bonchev–Trinajstić information content (AvgIpc) is 2.61. The van der Waals surface area contributed by atoms with Crippen LogP contribution in [-0.2, 0) is 0 Å². The molecule has 74 valence electrons. The summed E-state index contributed by atoms with van der Waals surface area (Å²) in [6, 6.07) is 7.95. The van der Waals surface area contributed by atoms with E-state index in [0.29, 0.717) is 6.42 Å². The van der Waals surface area contributed by atoms with Crippen LogP contribution in [0.5, 0.6) is 0 Å². The van der Waals surface area contributed by atoms with Gasteiger partial charge in [0.1, 0.15) is 0 Å². The van der Waals surface area contributed by atoms with Gasteiger partial charge in [-0.05, 0) is 18.1 Å². The molecule has 1 heterocycles. The minimum atomic E-state index is -0.0869. The van der Waals surface area contributed by atoms with Gasteiger partial charge in [-0.2, -0.15) is 0 Å². The molecule has 0 aliphatic heterocycles.